The van der Waals surface area contributed by atoms with Gasteiger partial charge in [0.05, 0.1) is 0 Å². The van der Waals surface area contributed by atoms with E-state index in [2.05, 4.69) is 19.9 Å². The molecule has 0 aliphatic carbocycles. The molecule has 0 aromatic carbocycles. The van der Waals surface area contributed by atoms with E-state index in [4.69, 9.17) is 5.73 Å². The van der Waals surface area contributed by atoms with Crippen molar-refractivity contribution in [2.45, 2.75) is 11.6 Å². The lowest BCUT2D eigenvalue weighted by molar-refractivity contribution is 0.597. The van der Waals surface area contributed by atoms with Gasteiger partial charge in [-0.25, -0.2) is 4.98 Å². The Hall–Kier alpha value is -1.58. The molecule has 0 aliphatic rings. The zero-order valence-corrected chi connectivity index (χ0v) is 10.2. The van der Waals surface area contributed by atoms with Crippen LogP contribution in [-0.2, 0) is 16.6 Å². The first-order chi connectivity index (χ1) is 8.12. The third-order valence-electron chi connectivity index (χ3n) is 1.89. The largest absolute Gasteiger partial charge is 0.326 e. The smallest absolute Gasteiger partial charge is 0.281 e. The highest BCUT2D eigenvalue weighted by Gasteiger charge is 2.16. The summed E-state index contributed by atoms with van der Waals surface area (Å²) in [5.74, 6) is 0. The highest BCUT2D eigenvalue weighted by molar-refractivity contribution is 7.92. The number of hydrogen-bond acceptors (Lipinski definition) is 7. The van der Waals surface area contributed by atoms with Crippen LogP contribution in [0.4, 0.5) is 5.13 Å². The average molecular weight is 271 g/mol. The number of hydrogen-bond donors (Lipinski definition) is 2. The Labute approximate surface area is 102 Å². The molecule has 9 heteroatoms. The average Bonchev–Trinajstić information content (AvgIpc) is 2.81. The minimum atomic E-state index is -3.70. The number of nitrogens with two attached hydrogens (primary N) is 1. The number of sulfonamides is 1. The second-order valence-electron chi connectivity index (χ2n) is 3.06. The fraction of sp³-hybridized carbons (Fsp3) is 0.125. The van der Waals surface area contributed by atoms with Gasteiger partial charge in [0.25, 0.3) is 10.0 Å². The van der Waals surface area contributed by atoms with Crippen LogP contribution < -0.4 is 10.5 Å². The molecule has 0 spiro atoms. The number of aromatic nitrogens is 3. The van der Waals surface area contributed by atoms with Crippen LogP contribution in [-0.4, -0.2) is 23.6 Å². The molecule has 2 rings (SSSR count). The van der Waals surface area contributed by atoms with E-state index in [1.54, 1.807) is 6.07 Å². The summed E-state index contributed by atoms with van der Waals surface area (Å²) in [7, 11) is -3.70. The van der Waals surface area contributed by atoms with Gasteiger partial charge in [-0.2, -0.15) is 8.42 Å². The molecule has 0 unspecified atom stereocenters. The molecule has 3 N–H and O–H groups in total. The number of nitrogens with zero attached hydrogens (tertiary/aromatic N) is 3. The van der Waals surface area contributed by atoms with E-state index in [9.17, 15) is 8.42 Å². The predicted octanol–water partition coefficient (Wildman–Crippen LogP) is 0.193. The van der Waals surface area contributed by atoms with Gasteiger partial charge in [-0.05, 0) is 11.6 Å². The molecule has 0 saturated carbocycles. The van der Waals surface area contributed by atoms with E-state index in [1.807, 2.05) is 0 Å². The van der Waals surface area contributed by atoms with Crippen LogP contribution in [0.3, 0.4) is 0 Å². The fourth-order valence-corrected chi connectivity index (χ4v) is 2.70. The van der Waals surface area contributed by atoms with Crippen molar-refractivity contribution in [3.8, 4) is 0 Å². The highest BCUT2D eigenvalue weighted by atomic mass is 32.2. The van der Waals surface area contributed by atoms with Crippen molar-refractivity contribution in [1.29, 1.82) is 0 Å². The maximum atomic E-state index is 11.8. The van der Waals surface area contributed by atoms with Crippen LogP contribution in [0.2, 0.25) is 0 Å². The molecular weight excluding hydrogens is 262 g/mol. The standard InChI is InChI=1S/C8H9N5O2S2/c9-3-6-1-2-7(10-4-6)17(14,15)13-8-12-11-5-16-8/h1-2,4-5H,3,9H2,(H,12,13). The van der Waals surface area contributed by atoms with Crippen LogP contribution in [0.15, 0.2) is 28.9 Å². The van der Waals surface area contributed by atoms with Crippen molar-refractivity contribution < 1.29 is 8.42 Å². The van der Waals surface area contributed by atoms with E-state index in [1.165, 1.54) is 17.8 Å². The molecule has 7 nitrogen and oxygen atoms in total. The van der Waals surface area contributed by atoms with Crippen LogP contribution in [0, 0.1) is 0 Å². The fourth-order valence-electron chi connectivity index (χ4n) is 1.08. The summed E-state index contributed by atoms with van der Waals surface area (Å²) in [5, 5.41) is 7.25. The summed E-state index contributed by atoms with van der Waals surface area (Å²) in [5.41, 5.74) is 7.59. The molecule has 0 saturated heterocycles. The third-order valence-corrected chi connectivity index (χ3v) is 3.88. The molecule has 90 valence electrons. The summed E-state index contributed by atoms with van der Waals surface area (Å²) >= 11 is 1.09. The molecule has 0 radical (unpaired) electrons. The van der Waals surface area contributed by atoms with Gasteiger partial charge in [-0.1, -0.05) is 17.4 Å². The van der Waals surface area contributed by atoms with Crippen molar-refractivity contribution in [3.05, 3.63) is 29.4 Å². The zero-order valence-electron chi connectivity index (χ0n) is 8.57. The molecule has 0 amide bonds. The SMILES string of the molecule is NCc1ccc(S(=O)(=O)Nc2nncs2)nc1. The van der Waals surface area contributed by atoms with Gasteiger partial charge >= 0.3 is 0 Å². The monoisotopic (exact) mass is 271 g/mol. The van der Waals surface area contributed by atoms with Gasteiger partial charge in [0, 0.05) is 12.7 Å². The van der Waals surface area contributed by atoms with Crippen LogP contribution in [0.5, 0.6) is 0 Å². The molecule has 2 aromatic heterocycles. The lowest BCUT2D eigenvalue weighted by Gasteiger charge is -2.04. The van der Waals surface area contributed by atoms with E-state index < -0.39 is 10.0 Å². The first kappa shape index (κ1) is 11.9. The second-order valence-corrected chi connectivity index (χ2v) is 5.52. The Bertz CT molecular complexity index is 579. The van der Waals surface area contributed by atoms with Gasteiger partial charge in [-0.3, -0.25) is 4.72 Å². The summed E-state index contributed by atoms with van der Waals surface area (Å²) in [6.45, 7) is 0.317. The minimum Gasteiger partial charge on any atom is -0.326 e. The third kappa shape index (κ3) is 2.75. The second kappa shape index (κ2) is 4.73. The normalized spacial score (nSPS) is 11.4. The first-order valence-electron chi connectivity index (χ1n) is 4.56. The summed E-state index contributed by atoms with van der Waals surface area (Å²) in [6.07, 6.45) is 1.43. The lowest BCUT2D eigenvalue weighted by Crippen LogP contribution is -2.14. The number of pyridine rings is 1. The van der Waals surface area contributed by atoms with Gasteiger partial charge in [-0.15, -0.1) is 10.2 Å². The van der Waals surface area contributed by atoms with Crippen molar-refractivity contribution in [1.82, 2.24) is 15.2 Å². The molecule has 2 aromatic rings. The van der Waals surface area contributed by atoms with Crippen LogP contribution in [0.1, 0.15) is 5.56 Å². The maximum absolute atomic E-state index is 11.8. The molecule has 0 fully saturated rings. The Morgan fingerprint density at radius 3 is 2.76 bits per heavy atom. The van der Waals surface area contributed by atoms with E-state index in [-0.39, 0.29) is 10.2 Å². The Morgan fingerprint density at radius 2 is 2.24 bits per heavy atom. The first-order valence-corrected chi connectivity index (χ1v) is 6.92. The number of rotatable bonds is 4. The van der Waals surface area contributed by atoms with Crippen molar-refractivity contribution >= 4 is 26.5 Å². The van der Waals surface area contributed by atoms with Crippen molar-refractivity contribution in [3.63, 3.8) is 0 Å². The highest BCUT2D eigenvalue weighted by Crippen LogP contribution is 2.15. The van der Waals surface area contributed by atoms with Gasteiger partial charge in [0.15, 0.2) is 5.03 Å². The number of anilines is 1. The van der Waals surface area contributed by atoms with Gasteiger partial charge in [0.2, 0.25) is 5.13 Å². The molecule has 0 atom stereocenters. The molecule has 2 heterocycles. The van der Waals surface area contributed by atoms with Gasteiger partial charge < -0.3 is 5.73 Å². The Kier molecular flexibility index (Phi) is 3.31. The molecule has 17 heavy (non-hydrogen) atoms. The van der Waals surface area contributed by atoms with Crippen molar-refractivity contribution in [2.24, 2.45) is 5.73 Å². The van der Waals surface area contributed by atoms with E-state index in [0.29, 0.717) is 6.54 Å². The summed E-state index contributed by atoms with van der Waals surface area (Å²) in [6, 6.07) is 3.01. The van der Waals surface area contributed by atoms with Crippen LogP contribution in [0.25, 0.3) is 0 Å². The van der Waals surface area contributed by atoms with E-state index in [0.717, 1.165) is 16.9 Å². The van der Waals surface area contributed by atoms with E-state index >= 15 is 0 Å². The molecular formula is C8H9N5O2S2. The Balaban J connectivity index is 2.25. The van der Waals surface area contributed by atoms with Crippen LogP contribution >= 0.6 is 11.3 Å². The molecule has 0 aliphatic heterocycles. The summed E-state index contributed by atoms with van der Waals surface area (Å²) < 4.78 is 25.9. The predicted molar refractivity (Wildman–Crippen MR) is 62.8 cm³/mol. The lowest BCUT2D eigenvalue weighted by atomic mass is 10.3. The minimum absolute atomic E-state index is 0.0788. The topological polar surface area (TPSA) is 111 Å². The van der Waals surface area contributed by atoms with Gasteiger partial charge in [0.1, 0.15) is 5.51 Å². The summed E-state index contributed by atoms with van der Waals surface area (Å²) in [4.78, 5) is 3.83. The zero-order chi connectivity index (χ0) is 12.3. The number of nitrogens with one attached hydrogen (secondary N) is 1. The Morgan fingerprint density at radius 1 is 1.41 bits per heavy atom. The molecule has 0 bridgehead atoms. The maximum Gasteiger partial charge on any atom is 0.281 e. The quantitative estimate of drug-likeness (QED) is 0.821. The van der Waals surface area contributed by atoms with Crippen molar-refractivity contribution in [2.75, 3.05) is 4.72 Å².